The summed E-state index contributed by atoms with van der Waals surface area (Å²) in [6.07, 6.45) is -0.948. The van der Waals surface area contributed by atoms with Crippen molar-refractivity contribution in [2.75, 3.05) is 16.0 Å². The van der Waals surface area contributed by atoms with Gasteiger partial charge in [0.25, 0.3) is 5.91 Å². The fraction of sp³-hybridized carbons (Fsp3) is 0.231. The van der Waals surface area contributed by atoms with Crippen molar-refractivity contribution < 1.29 is 23.1 Å². The van der Waals surface area contributed by atoms with Gasteiger partial charge in [-0.3, -0.25) is 4.79 Å². The molecule has 0 saturated heterocycles. The number of carbonyl (C=O) groups is 1. The predicted molar refractivity (Wildman–Crippen MR) is 136 cm³/mol. The summed E-state index contributed by atoms with van der Waals surface area (Å²) in [5, 5.41) is 23.3. The van der Waals surface area contributed by atoms with Gasteiger partial charge in [-0.05, 0) is 55.7 Å². The fourth-order valence-corrected chi connectivity index (χ4v) is 3.76. The first kappa shape index (κ1) is 25.2. The van der Waals surface area contributed by atoms with Gasteiger partial charge in [0, 0.05) is 35.1 Å². The summed E-state index contributed by atoms with van der Waals surface area (Å²) in [5.74, 6) is 0.988. The fourth-order valence-electron chi connectivity index (χ4n) is 3.76. The van der Waals surface area contributed by atoms with Gasteiger partial charge in [0.15, 0.2) is 5.82 Å². The first-order valence-electron chi connectivity index (χ1n) is 11.8. The minimum Gasteiger partial charge on any atom is -0.390 e. The lowest BCUT2D eigenvalue weighted by Gasteiger charge is -2.14. The van der Waals surface area contributed by atoms with Crippen LogP contribution in [0.15, 0.2) is 60.9 Å². The van der Waals surface area contributed by atoms with Crippen LogP contribution in [-0.4, -0.2) is 36.8 Å². The van der Waals surface area contributed by atoms with Crippen LogP contribution >= 0.6 is 0 Å². The maximum absolute atomic E-state index is 13.1. The molecule has 1 saturated carbocycles. The molecule has 1 aliphatic carbocycles. The number of aliphatic hydroxyl groups excluding tert-OH is 1. The molecule has 196 valence electrons. The van der Waals surface area contributed by atoms with E-state index in [9.17, 15) is 23.1 Å². The lowest BCUT2D eigenvalue weighted by Crippen LogP contribution is -2.14. The number of nitrogens with zero attached hydrogens (tertiary/aromatic N) is 4. The zero-order valence-electron chi connectivity index (χ0n) is 20.3. The molecule has 1 fully saturated rings. The molecule has 0 spiro atoms. The molecule has 4 N–H and O–H groups in total. The van der Waals surface area contributed by atoms with Crippen molar-refractivity contribution in [3.05, 3.63) is 83.3 Å². The van der Waals surface area contributed by atoms with Gasteiger partial charge in [-0.1, -0.05) is 12.1 Å². The van der Waals surface area contributed by atoms with Gasteiger partial charge in [-0.25, -0.2) is 9.97 Å². The molecular formula is C26H24F3N7O2. The lowest BCUT2D eigenvalue weighted by molar-refractivity contribution is -0.137. The standard InChI is InChI=1S/C26H24F3N7O2/c1-15-5-6-19(33-25(38)16-3-2-4-17(9-16)26(27,28)29)10-21(15)34-24-11-20(13-37)35-36(24)23-12-22(30-14-31-23)32-18-7-8-18/h2-6,9-12,14,18,34,37H,7-8,13H2,1H3,(H,33,38)(H,30,31,32). The van der Waals surface area contributed by atoms with E-state index in [1.165, 1.54) is 18.5 Å². The first-order valence-corrected chi connectivity index (χ1v) is 11.8. The van der Waals surface area contributed by atoms with E-state index in [1.54, 1.807) is 35.0 Å². The SMILES string of the molecule is Cc1ccc(NC(=O)c2cccc(C(F)(F)F)c2)cc1Nc1cc(CO)nn1-c1cc(NC2CC2)ncn1. The molecule has 0 atom stereocenters. The van der Waals surface area contributed by atoms with Crippen LogP contribution in [0.1, 0.15) is 40.0 Å². The van der Waals surface area contributed by atoms with Crippen LogP contribution in [0, 0.1) is 6.92 Å². The highest BCUT2D eigenvalue weighted by Gasteiger charge is 2.31. The highest BCUT2D eigenvalue weighted by atomic mass is 19.4. The average Bonchev–Trinajstić information content (AvgIpc) is 3.62. The summed E-state index contributed by atoms with van der Waals surface area (Å²) in [5.41, 5.74) is 1.23. The number of anilines is 4. The molecule has 0 radical (unpaired) electrons. The molecule has 0 aliphatic heterocycles. The molecule has 38 heavy (non-hydrogen) atoms. The summed E-state index contributed by atoms with van der Waals surface area (Å²) in [6, 6.07) is 13.2. The molecule has 12 heteroatoms. The van der Waals surface area contributed by atoms with Crippen LogP contribution in [-0.2, 0) is 12.8 Å². The number of hydrogen-bond donors (Lipinski definition) is 4. The van der Waals surface area contributed by atoms with Gasteiger partial charge < -0.3 is 21.1 Å². The lowest BCUT2D eigenvalue weighted by atomic mass is 10.1. The van der Waals surface area contributed by atoms with Crippen molar-refractivity contribution in [1.82, 2.24) is 19.7 Å². The molecule has 0 unspecified atom stereocenters. The molecule has 1 amide bonds. The van der Waals surface area contributed by atoms with Crippen molar-refractivity contribution in [2.45, 2.75) is 38.6 Å². The van der Waals surface area contributed by atoms with Crippen LogP contribution in [0.4, 0.5) is 36.2 Å². The number of alkyl halides is 3. The van der Waals surface area contributed by atoms with Crippen molar-refractivity contribution >= 4 is 28.9 Å². The summed E-state index contributed by atoms with van der Waals surface area (Å²) >= 11 is 0. The Labute approximate surface area is 215 Å². The van der Waals surface area contributed by atoms with Crippen molar-refractivity contribution in [2.24, 2.45) is 0 Å². The predicted octanol–water partition coefficient (Wildman–Crippen LogP) is 5.05. The van der Waals surface area contributed by atoms with E-state index in [0.717, 1.165) is 30.5 Å². The number of aryl methyl sites for hydroxylation is 1. The second kappa shape index (κ2) is 10.1. The molecule has 0 bridgehead atoms. The number of hydrogen-bond acceptors (Lipinski definition) is 7. The molecule has 2 heterocycles. The summed E-state index contributed by atoms with van der Waals surface area (Å²) in [6.45, 7) is 1.57. The Kier molecular flexibility index (Phi) is 6.72. The van der Waals surface area contributed by atoms with Crippen LogP contribution in [0.5, 0.6) is 0 Å². The summed E-state index contributed by atoms with van der Waals surface area (Å²) in [4.78, 5) is 21.2. The van der Waals surface area contributed by atoms with E-state index in [0.29, 0.717) is 40.6 Å². The Morgan fingerprint density at radius 1 is 1.11 bits per heavy atom. The third-order valence-electron chi connectivity index (χ3n) is 5.93. The van der Waals surface area contributed by atoms with Crippen molar-refractivity contribution in [3.8, 4) is 5.82 Å². The molecule has 1 aliphatic rings. The van der Waals surface area contributed by atoms with Gasteiger partial charge in [-0.2, -0.15) is 23.0 Å². The number of halogens is 3. The van der Waals surface area contributed by atoms with Crippen LogP contribution in [0.25, 0.3) is 5.82 Å². The Balaban J connectivity index is 1.39. The Morgan fingerprint density at radius 3 is 2.66 bits per heavy atom. The van der Waals surface area contributed by atoms with E-state index < -0.39 is 17.6 Å². The molecule has 9 nitrogen and oxygen atoms in total. The maximum atomic E-state index is 13.1. The van der Waals surface area contributed by atoms with Crippen LogP contribution in [0.2, 0.25) is 0 Å². The van der Waals surface area contributed by atoms with Crippen LogP contribution in [0.3, 0.4) is 0 Å². The number of aliphatic hydroxyl groups is 1. The van der Waals surface area contributed by atoms with Crippen molar-refractivity contribution in [3.63, 3.8) is 0 Å². The smallest absolute Gasteiger partial charge is 0.390 e. The summed E-state index contributed by atoms with van der Waals surface area (Å²) < 4.78 is 40.7. The van der Waals surface area contributed by atoms with Gasteiger partial charge in [0.05, 0.1) is 17.9 Å². The minimum atomic E-state index is -4.55. The quantitative estimate of drug-likeness (QED) is 0.255. The third-order valence-corrected chi connectivity index (χ3v) is 5.93. The molecular weight excluding hydrogens is 499 g/mol. The number of carbonyl (C=O) groups excluding carboxylic acids is 1. The Bertz CT molecular complexity index is 1480. The second-order valence-electron chi connectivity index (χ2n) is 8.96. The highest BCUT2D eigenvalue weighted by molar-refractivity contribution is 6.04. The van der Waals surface area contributed by atoms with E-state index >= 15 is 0 Å². The Morgan fingerprint density at radius 2 is 1.92 bits per heavy atom. The van der Waals surface area contributed by atoms with E-state index in [1.807, 2.05) is 6.92 Å². The number of nitrogens with one attached hydrogen (secondary N) is 3. The minimum absolute atomic E-state index is 0.111. The molecule has 2 aromatic heterocycles. The zero-order chi connectivity index (χ0) is 26.9. The van der Waals surface area contributed by atoms with Gasteiger partial charge >= 0.3 is 6.18 Å². The average molecular weight is 524 g/mol. The monoisotopic (exact) mass is 523 g/mol. The van der Waals surface area contributed by atoms with E-state index in [2.05, 4.69) is 31.0 Å². The van der Waals surface area contributed by atoms with Gasteiger partial charge in [0.2, 0.25) is 0 Å². The number of aromatic nitrogens is 4. The molecule has 4 aromatic rings. The highest BCUT2D eigenvalue weighted by Crippen LogP contribution is 2.31. The zero-order valence-corrected chi connectivity index (χ0v) is 20.3. The number of rotatable bonds is 8. The topological polar surface area (TPSA) is 117 Å². The second-order valence-corrected chi connectivity index (χ2v) is 8.96. The molecule has 5 rings (SSSR count). The summed E-state index contributed by atoms with van der Waals surface area (Å²) in [7, 11) is 0. The van der Waals surface area contributed by atoms with Crippen molar-refractivity contribution in [1.29, 1.82) is 0 Å². The van der Waals surface area contributed by atoms with Gasteiger partial charge in [0.1, 0.15) is 18.0 Å². The van der Waals surface area contributed by atoms with E-state index in [4.69, 9.17) is 0 Å². The first-order chi connectivity index (χ1) is 18.2. The Hall–Kier alpha value is -4.45. The van der Waals surface area contributed by atoms with Gasteiger partial charge in [-0.15, -0.1) is 0 Å². The molecule has 2 aromatic carbocycles. The van der Waals surface area contributed by atoms with Crippen LogP contribution < -0.4 is 16.0 Å². The number of benzene rings is 2. The maximum Gasteiger partial charge on any atom is 0.416 e. The largest absolute Gasteiger partial charge is 0.416 e. The number of amides is 1. The normalized spacial score (nSPS) is 13.3. The third kappa shape index (κ3) is 5.75. The van der Waals surface area contributed by atoms with E-state index in [-0.39, 0.29) is 12.2 Å².